The summed E-state index contributed by atoms with van der Waals surface area (Å²) in [5.41, 5.74) is 4.63. The number of hydrogen-bond donors (Lipinski definition) is 2. The first kappa shape index (κ1) is 22.7. The number of carbonyl (C=O) groups excluding carboxylic acids is 3. The highest BCUT2D eigenvalue weighted by Gasteiger charge is 2.29. The fraction of sp³-hybridized carbons (Fsp3) is 0.250. The van der Waals surface area contributed by atoms with Gasteiger partial charge in [-0.15, -0.1) is 0 Å². The third kappa shape index (κ3) is 5.19. The number of amides is 3. The fourth-order valence-electron chi connectivity index (χ4n) is 4.62. The van der Waals surface area contributed by atoms with Crippen molar-refractivity contribution in [1.82, 2.24) is 10.2 Å². The van der Waals surface area contributed by atoms with Crippen molar-refractivity contribution >= 4 is 23.4 Å². The fourth-order valence-corrected chi connectivity index (χ4v) is 4.62. The van der Waals surface area contributed by atoms with Gasteiger partial charge in [0.25, 0.3) is 11.8 Å². The van der Waals surface area contributed by atoms with Crippen molar-refractivity contribution in [2.45, 2.75) is 25.3 Å². The minimum atomic E-state index is -0.247. The Morgan fingerprint density at radius 3 is 2.60 bits per heavy atom. The molecule has 2 heterocycles. The van der Waals surface area contributed by atoms with Gasteiger partial charge >= 0.3 is 0 Å². The smallest absolute Gasteiger partial charge is 0.257 e. The standard InChI is InChI=1S/C28H27N3O4/c32-26-13-11-20-10-12-23(14-25(20)30-26)35-18-27(33)29-15-22(19-6-2-1-3-7-19)17-31-16-21-8-4-5-9-24(21)28(31)34/h1-10,12,14,22H,11,13,15-18H2,(H,29,33)(H,30,32)/t22-/m0/s1. The lowest BCUT2D eigenvalue weighted by Gasteiger charge is -2.24. The van der Waals surface area contributed by atoms with Crippen molar-refractivity contribution in [2.24, 2.45) is 0 Å². The molecule has 1 atom stereocenters. The molecule has 0 fully saturated rings. The van der Waals surface area contributed by atoms with Crippen LogP contribution in [-0.4, -0.2) is 42.3 Å². The average Bonchev–Trinajstić information content (AvgIpc) is 3.20. The van der Waals surface area contributed by atoms with Crippen molar-refractivity contribution in [3.8, 4) is 5.75 Å². The van der Waals surface area contributed by atoms with Crippen molar-refractivity contribution in [1.29, 1.82) is 0 Å². The first-order valence-electron chi connectivity index (χ1n) is 11.8. The zero-order valence-corrected chi connectivity index (χ0v) is 19.3. The van der Waals surface area contributed by atoms with Crippen LogP contribution in [0.1, 0.15) is 39.4 Å². The molecular weight excluding hydrogens is 442 g/mol. The van der Waals surface area contributed by atoms with Crippen LogP contribution in [0.4, 0.5) is 5.69 Å². The molecule has 2 aliphatic heterocycles. The zero-order valence-electron chi connectivity index (χ0n) is 19.3. The first-order valence-corrected chi connectivity index (χ1v) is 11.8. The van der Waals surface area contributed by atoms with E-state index >= 15 is 0 Å². The number of anilines is 1. The molecule has 0 unspecified atom stereocenters. The number of hydrogen-bond acceptors (Lipinski definition) is 4. The lowest BCUT2D eigenvalue weighted by Crippen LogP contribution is -2.37. The van der Waals surface area contributed by atoms with Crippen LogP contribution in [0.3, 0.4) is 0 Å². The topological polar surface area (TPSA) is 87.7 Å². The van der Waals surface area contributed by atoms with E-state index in [0.717, 1.165) is 27.9 Å². The second-order valence-electron chi connectivity index (χ2n) is 8.91. The summed E-state index contributed by atoms with van der Waals surface area (Å²) in [6, 6.07) is 23.1. The summed E-state index contributed by atoms with van der Waals surface area (Å²) in [6.45, 7) is 1.32. The Hall–Kier alpha value is -4.13. The monoisotopic (exact) mass is 469 g/mol. The first-order chi connectivity index (χ1) is 17.1. The van der Waals surface area contributed by atoms with Crippen LogP contribution in [0.25, 0.3) is 0 Å². The minimum absolute atomic E-state index is 0.0149. The summed E-state index contributed by atoms with van der Waals surface area (Å²) < 4.78 is 5.67. The van der Waals surface area contributed by atoms with E-state index in [1.54, 1.807) is 6.07 Å². The Labute approximate surface area is 204 Å². The summed E-state index contributed by atoms with van der Waals surface area (Å²) in [7, 11) is 0. The van der Waals surface area contributed by atoms with Crippen LogP contribution in [0, 0.1) is 0 Å². The van der Waals surface area contributed by atoms with Crippen LogP contribution in [-0.2, 0) is 22.6 Å². The third-order valence-corrected chi connectivity index (χ3v) is 6.50. The summed E-state index contributed by atoms with van der Waals surface area (Å²) in [5.74, 6) is 0.233. The molecule has 3 aromatic rings. The summed E-state index contributed by atoms with van der Waals surface area (Å²) in [4.78, 5) is 38.9. The second kappa shape index (κ2) is 10.0. The molecule has 2 aliphatic rings. The Kier molecular flexibility index (Phi) is 6.48. The molecule has 5 rings (SSSR count). The summed E-state index contributed by atoms with van der Waals surface area (Å²) in [5, 5.41) is 5.80. The molecule has 2 N–H and O–H groups in total. The molecule has 178 valence electrons. The largest absolute Gasteiger partial charge is 0.484 e. The molecule has 0 spiro atoms. The van der Waals surface area contributed by atoms with Gasteiger partial charge in [0.15, 0.2) is 6.61 Å². The SMILES string of the molecule is O=C(COc1ccc2c(c1)NC(=O)CC2)NC[C@@H](CN1Cc2ccccc2C1=O)c1ccccc1. The van der Waals surface area contributed by atoms with Crippen molar-refractivity contribution in [2.75, 3.05) is 25.0 Å². The third-order valence-electron chi connectivity index (χ3n) is 6.50. The molecule has 35 heavy (non-hydrogen) atoms. The van der Waals surface area contributed by atoms with Crippen LogP contribution in [0.2, 0.25) is 0 Å². The maximum Gasteiger partial charge on any atom is 0.257 e. The highest BCUT2D eigenvalue weighted by molar-refractivity contribution is 5.98. The molecule has 0 aliphatic carbocycles. The van der Waals surface area contributed by atoms with Gasteiger partial charge in [-0.05, 0) is 35.2 Å². The quantitative estimate of drug-likeness (QED) is 0.529. The van der Waals surface area contributed by atoms with Gasteiger partial charge in [-0.3, -0.25) is 14.4 Å². The highest BCUT2D eigenvalue weighted by atomic mass is 16.5. The number of benzene rings is 3. The van der Waals surface area contributed by atoms with E-state index < -0.39 is 0 Å². The van der Waals surface area contributed by atoms with E-state index in [4.69, 9.17) is 4.74 Å². The van der Waals surface area contributed by atoms with Gasteiger partial charge in [0, 0.05) is 49.3 Å². The van der Waals surface area contributed by atoms with E-state index in [1.165, 1.54) is 0 Å². The molecule has 3 amide bonds. The van der Waals surface area contributed by atoms with E-state index in [-0.39, 0.29) is 30.2 Å². The van der Waals surface area contributed by atoms with Gasteiger partial charge in [0.05, 0.1) is 0 Å². The van der Waals surface area contributed by atoms with Crippen molar-refractivity contribution < 1.29 is 19.1 Å². The molecule has 0 saturated heterocycles. The van der Waals surface area contributed by atoms with Crippen LogP contribution < -0.4 is 15.4 Å². The molecule has 0 radical (unpaired) electrons. The Morgan fingerprint density at radius 2 is 1.77 bits per heavy atom. The molecular formula is C28H27N3O4. The predicted molar refractivity (Wildman–Crippen MR) is 132 cm³/mol. The molecule has 0 saturated carbocycles. The summed E-state index contributed by atoms with van der Waals surface area (Å²) >= 11 is 0. The predicted octanol–water partition coefficient (Wildman–Crippen LogP) is 3.51. The van der Waals surface area contributed by atoms with Crippen molar-refractivity contribution in [3.63, 3.8) is 0 Å². The molecule has 0 aromatic heterocycles. The number of fused-ring (bicyclic) bond motifs is 2. The molecule has 7 nitrogen and oxygen atoms in total. The van der Waals surface area contributed by atoms with E-state index in [1.807, 2.05) is 71.6 Å². The Bertz CT molecular complexity index is 1260. The summed E-state index contributed by atoms with van der Waals surface area (Å²) in [6.07, 6.45) is 1.18. The van der Waals surface area contributed by atoms with Gasteiger partial charge in [0.2, 0.25) is 5.91 Å². The number of carbonyl (C=O) groups is 3. The van der Waals surface area contributed by atoms with E-state index in [0.29, 0.717) is 38.2 Å². The average molecular weight is 470 g/mol. The van der Waals surface area contributed by atoms with Gasteiger partial charge < -0.3 is 20.3 Å². The van der Waals surface area contributed by atoms with Gasteiger partial charge in [-0.25, -0.2) is 0 Å². The van der Waals surface area contributed by atoms with Crippen molar-refractivity contribution in [3.05, 3.63) is 95.1 Å². The Balaban J connectivity index is 1.19. The molecule has 0 bridgehead atoms. The van der Waals surface area contributed by atoms with Gasteiger partial charge in [0.1, 0.15) is 5.75 Å². The number of rotatable bonds is 8. The number of nitrogens with zero attached hydrogens (tertiary/aromatic N) is 1. The number of aryl methyl sites for hydroxylation is 1. The Morgan fingerprint density at radius 1 is 0.971 bits per heavy atom. The minimum Gasteiger partial charge on any atom is -0.484 e. The second-order valence-corrected chi connectivity index (χ2v) is 8.91. The lowest BCUT2D eigenvalue weighted by atomic mass is 9.98. The maximum atomic E-state index is 12.9. The number of ether oxygens (including phenoxy) is 1. The normalized spacial score (nSPS) is 15.1. The van der Waals surface area contributed by atoms with Gasteiger partial charge in [-0.1, -0.05) is 54.6 Å². The lowest BCUT2D eigenvalue weighted by molar-refractivity contribution is -0.123. The maximum absolute atomic E-state index is 12.9. The molecule has 3 aromatic carbocycles. The number of nitrogens with one attached hydrogen (secondary N) is 2. The van der Waals surface area contributed by atoms with Crippen LogP contribution >= 0.6 is 0 Å². The molecule has 7 heteroatoms. The van der Waals surface area contributed by atoms with Crippen LogP contribution in [0.15, 0.2) is 72.8 Å². The van der Waals surface area contributed by atoms with Gasteiger partial charge in [-0.2, -0.15) is 0 Å². The highest BCUT2D eigenvalue weighted by Crippen LogP contribution is 2.28. The van der Waals surface area contributed by atoms with E-state index in [2.05, 4.69) is 10.6 Å². The zero-order chi connectivity index (χ0) is 24.2. The van der Waals surface area contributed by atoms with E-state index in [9.17, 15) is 14.4 Å². The van der Waals surface area contributed by atoms with Crippen LogP contribution in [0.5, 0.6) is 5.75 Å².